The predicted molar refractivity (Wildman–Crippen MR) is 59.6 cm³/mol. The van der Waals surface area contributed by atoms with Gasteiger partial charge in [0.05, 0.1) is 6.61 Å². The fourth-order valence-corrected chi connectivity index (χ4v) is 2.30. The monoisotopic (exact) mass is 200 g/mol. The van der Waals surface area contributed by atoms with Gasteiger partial charge in [-0.1, -0.05) is 6.92 Å². The molecular weight excluding hydrogens is 176 g/mol. The van der Waals surface area contributed by atoms with Crippen LogP contribution in [0, 0.1) is 5.92 Å². The van der Waals surface area contributed by atoms with Crippen molar-refractivity contribution in [1.29, 1.82) is 0 Å². The second-order valence-electron chi connectivity index (χ2n) is 4.08. The molecule has 0 aromatic carbocycles. The average Bonchev–Trinajstić information content (AvgIpc) is 2.18. The standard InChI is InChI=1S/C11H24N2O/c1-4-13(7-8-14-3)11-6-5-10(11)9-12-2/h10-12H,4-9H2,1-3H3. The maximum Gasteiger partial charge on any atom is 0.0589 e. The molecule has 2 unspecified atom stereocenters. The predicted octanol–water partition coefficient (Wildman–Crippen LogP) is 0.953. The lowest BCUT2D eigenvalue weighted by molar-refractivity contribution is 0.0446. The highest BCUT2D eigenvalue weighted by molar-refractivity contribution is 4.89. The molecule has 0 aromatic heterocycles. The fourth-order valence-electron chi connectivity index (χ4n) is 2.30. The van der Waals surface area contributed by atoms with Crippen LogP contribution in [0.3, 0.4) is 0 Å². The normalized spacial score (nSPS) is 26.6. The van der Waals surface area contributed by atoms with Crippen molar-refractivity contribution in [2.45, 2.75) is 25.8 Å². The Morgan fingerprint density at radius 3 is 2.64 bits per heavy atom. The minimum Gasteiger partial charge on any atom is -0.383 e. The third kappa shape index (κ3) is 2.94. The van der Waals surface area contributed by atoms with E-state index < -0.39 is 0 Å². The molecule has 2 atom stereocenters. The number of rotatable bonds is 7. The van der Waals surface area contributed by atoms with Crippen LogP contribution in [0.4, 0.5) is 0 Å². The molecule has 84 valence electrons. The SMILES string of the molecule is CCN(CCOC)C1CCC1CNC. The van der Waals surface area contributed by atoms with E-state index in [2.05, 4.69) is 17.1 Å². The van der Waals surface area contributed by atoms with E-state index >= 15 is 0 Å². The number of ether oxygens (including phenoxy) is 1. The van der Waals surface area contributed by atoms with E-state index in [1.807, 2.05) is 7.05 Å². The molecule has 1 aliphatic rings. The summed E-state index contributed by atoms with van der Waals surface area (Å²) in [5, 5.41) is 3.28. The number of nitrogens with one attached hydrogen (secondary N) is 1. The molecule has 1 N–H and O–H groups in total. The van der Waals surface area contributed by atoms with Crippen LogP contribution >= 0.6 is 0 Å². The van der Waals surface area contributed by atoms with Crippen molar-refractivity contribution in [3.05, 3.63) is 0 Å². The molecule has 0 saturated heterocycles. The summed E-state index contributed by atoms with van der Waals surface area (Å²) in [6.07, 6.45) is 2.75. The molecule has 0 aromatic rings. The van der Waals surface area contributed by atoms with E-state index in [4.69, 9.17) is 4.74 Å². The van der Waals surface area contributed by atoms with Crippen LogP contribution in [0.5, 0.6) is 0 Å². The number of likely N-dealkylation sites (N-methyl/N-ethyl adjacent to an activating group) is 1. The van der Waals surface area contributed by atoms with Crippen LogP contribution in [-0.2, 0) is 4.74 Å². The van der Waals surface area contributed by atoms with Crippen LogP contribution in [0.25, 0.3) is 0 Å². The maximum absolute atomic E-state index is 5.13. The molecule has 0 radical (unpaired) electrons. The Balaban J connectivity index is 2.28. The molecule has 14 heavy (non-hydrogen) atoms. The van der Waals surface area contributed by atoms with Crippen LogP contribution in [0.15, 0.2) is 0 Å². The van der Waals surface area contributed by atoms with Crippen molar-refractivity contribution in [1.82, 2.24) is 10.2 Å². The van der Waals surface area contributed by atoms with Crippen molar-refractivity contribution in [3.8, 4) is 0 Å². The molecule has 0 amide bonds. The van der Waals surface area contributed by atoms with Gasteiger partial charge in [-0.05, 0) is 38.9 Å². The van der Waals surface area contributed by atoms with E-state index in [9.17, 15) is 0 Å². The molecule has 0 heterocycles. The average molecular weight is 200 g/mol. The number of hydrogen-bond acceptors (Lipinski definition) is 3. The molecule has 0 bridgehead atoms. The van der Waals surface area contributed by atoms with Crippen molar-refractivity contribution >= 4 is 0 Å². The molecule has 1 fully saturated rings. The first-order valence-electron chi connectivity index (χ1n) is 5.71. The van der Waals surface area contributed by atoms with E-state index in [0.29, 0.717) is 0 Å². The van der Waals surface area contributed by atoms with Gasteiger partial charge in [0.15, 0.2) is 0 Å². The highest BCUT2D eigenvalue weighted by Gasteiger charge is 2.33. The smallest absolute Gasteiger partial charge is 0.0589 e. The van der Waals surface area contributed by atoms with Crippen LogP contribution in [-0.4, -0.2) is 51.3 Å². The molecule has 1 aliphatic carbocycles. The van der Waals surface area contributed by atoms with E-state index in [1.54, 1.807) is 7.11 Å². The molecule has 1 rings (SSSR count). The number of hydrogen-bond donors (Lipinski definition) is 1. The minimum atomic E-state index is 0.794. The van der Waals surface area contributed by atoms with Gasteiger partial charge in [0, 0.05) is 19.7 Å². The zero-order valence-electron chi connectivity index (χ0n) is 9.75. The van der Waals surface area contributed by atoms with Crippen LogP contribution in [0.1, 0.15) is 19.8 Å². The van der Waals surface area contributed by atoms with Gasteiger partial charge in [-0.3, -0.25) is 4.90 Å². The molecule has 3 heteroatoms. The maximum atomic E-state index is 5.13. The lowest BCUT2D eigenvalue weighted by atomic mass is 9.78. The zero-order chi connectivity index (χ0) is 10.4. The topological polar surface area (TPSA) is 24.5 Å². The summed E-state index contributed by atoms with van der Waals surface area (Å²) >= 11 is 0. The lowest BCUT2D eigenvalue weighted by Crippen LogP contribution is -2.51. The van der Waals surface area contributed by atoms with Gasteiger partial charge in [-0.25, -0.2) is 0 Å². The summed E-state index contributed by atoms with van der Waals surface area (Å²) in [5.41, 5.74) is 0. The molecular formula is C11H24N2O. The van der Waals surface area contributed by atoms with Gasteiger partial charge in [-0.15, -0.1) is 0 Å². The van der Waals surface area contributed by atoms with Crippen molar-refractivity contribution < 1.29 is 4.74 Å². The molecule has 3 nitrogen and oxygen atoms in total. The second kappa shape index (κ2) is 6.38. The summed E-state index contributed by atoms with van der Waals surface area (Å²) < 4.78 is 5.13. The Labute approximate surface area is 87.8 Å². The summed E-state index contributed by atoms with van der Waals surface area (Å²) in [7, 11) is 3.82. The third-order valence-corrected chi connectivity index (χ3v) is 3.30. The minimum absolute atomic E-state index is 0.794. The first-order chi connectivity index (χ1) is 6.83. The van der Waals surface area contributed by atoms with E-state index in [0.717, 1.165) is 38.2 Å². The Hall–Kier alpha value is -0.120. The van der Waals surface area contributed by atoms with E-state index in [-0.39, 0.29) is 0 Å². The zero-order valence-corrected chi connectivity index (χ0v) is 9.75. The Morgan fingerprint density at radius 1 is 1.43 bits per heavy atom. The van der Waals surface area contributed by atoms with Crippen molar-refractivity contribution in [2.75, 3.05) is 40.4 Å². The first-order valence-corrected chi connectivity index (χ1v) is 5.71. The first kappa shape index (κ1) is 12.0. The Bertz CT molecular complexity index is 150. The van der Waals surface area contributed by atoms with Gasteiger partial charge in [0.1, 0.15) is 0 Å². The summed E-state index contributed by atoms with van der Waals surface area (Å²) in [5.74, 6) is 0.858. The lowest BCUT2D eigenvalue weighted by Gasteiger charge is -2.44. The molecule has 0 spiro atoms. The highest BCUT2D eigenvalue weighted by atomic mass is 16.5. The van der Waals surface area contributed by atoms with Crippen molar-refractivity contribution in [3.63, 3.8) is 0 Å². The van der Waals surface area contributed by atoms with E-state index in [1.165, 1.54) is 12.8 Å². The van der Waals surface area contributed by atoms with Crippen LogP contribution < -0.4 is 5.32 Å². The van der Waals surface area contributed by atoms with Gasteiger partial charge in [0.25, 0.3) is 0 Å². The highest BCUT2D eigenvalue weighted by Crippen LogP contribution is 2.31. The molecule has 1 saturated carbocycles. The van der Waals surface area contributed by atoms with Crippen molar-refractivity contribution in [2.24, 2.45) is 5.92 Å². The third-order valence-electron chi connectivity index (χ3n) is 3.30. The Morgan fingerprint density at radius 2 is 2.21 bits per heavy atom. The quantitative estimate of drug-likeness (QED) is 0.662. The fraction of sp³-hybridized carbons (Fsp3) is 1.00. The van der Waals surface area contributed by atoms with Gasteiger partial charge in [0.2, 0.25) is 0 Å². The van der Waals surface area contributed by atoms with Gasteiger partial charge >= 0.3 is 0 Å². The molecule has 0 aliphatic heterocycles. The van der Waals surface area contributed by atoms with Crippen LogP contribution in [0.2, 0.25) is 0 Å². The summed E-state index contributed by atoms with van der Waals surface area (Å²) in [6, 6.07) is 0.794. The summed E-state index contributed by atoms with van der Waals surface area (Å²) in [4.78, 5) is 2.55. The number of methoxy groups -OCH3 is 1. The Kier molecular flexibility index (Phi) is 5.45. The largest absolute Gasteiger partial charge is 0.383 e. The van der Waals surface area contributed by atoms with Gasteiger partial charge in [-0.2, -0.15) is 0 Å². The van der Waals surface area contributed by atoms with Gasteiger partial charge < -0.3 is 10.1 Å². The number of nitrogens with zero attached hydrogens (tertiary/aromatic N) is 1. The second-order valence-corrected chi connectivity index (χ2v) is 4.08. The summed E-state index contributed by atoms with van der Waals surface area (Å²) in [6.45, 7) is 6.49.